The Balaban J connectivity index is 2.80. The minimum Gasteiger partial charge on any atom is -0.377 e. The van der Waals surface area contributed by atoms with E-state index in [0.29, 0.717) is 0 Å². The lowest BCUT2D eigenvalue weighted by atomic mass is 10.0. The van der Waals surface area contributed by atoms with Gasteiger partial charge in [0.15, 0.2) is 0 Å². The summed E-state index contributed by atoms with van der Waals surface area (Å²) in [4.78, 5) is 0. The highest BCUT2D eigenvalue weighted by Crippen LogP contribution is 2.22. The van der Waals surface area contributed by atoms with E-state index in [2.05, 4.69) is 38.1 Å². The number of benzene rings is 1. The van der Waals surface area contributed by atoms with Gasteiger partial charge in [-0.1, -0.05) is 44.5 Å². The molecule has 0 saturated heterocycles. The molecule has 0 aliphatic heterocycles. The van der Waals surface area contributed by atoms with E-state index in [1.165, 1.54) is 11.1 Å². The molecule has 1 atom stereocenters. The molecule has 1 rings (SSSR count). The van der Waals surface area contributed by atoms with Crippen molar-refractivity contribution in [1.82, 2.24) is 0 Å². The average molecular weight is 192 g/mol. The number of methoxy groups -OCH3 is 1. The standard InChI is InChI=1S/C13H20O/c1-4-7-13(14-3)12-9-6-8-11(5-2)10-12/h6,8-10,13H,4-5,7H2,1-3H3. The van der Waals surface area contributed by atoms with Crippen LogP contribution in [0, 0.1) is 0 Å². The summed E-state index contributed by atoms with van der Waals surface area (Å²) >= 11 is 0. The maximum atomic E-state index is 5.48. The van der Waals surface area contributed by atoms with Crippen molar-refractivity contribution in [3.05, 3.63) is 35.4 Å². The molecule has 1 heteroatoms. The zero-order valence-electron chi connectivity index (χ0n) is 9.42. The van der Waals surface area contributed by atoms with Crippen LogP contribution in [0.1, 0.15) is 43.9 Å². The van der Waals surface area contributed by atoms with Crippen LogP contribution >= 0.6 is 0 Å². The van der Waals surface area contributed by atoms with Crippen molar-refractivity contribution >= 4 is 0 Å². The number of hydrogen-bond acceptors (Lipinski definition) is 1. The van der Waals surface area contributed by atoms with Crippen molar-refractivity contribution in [2.45, 2.75) is 39.2 Å². The molecule has 0 saturated carbocycles. The third-order valence-electron chi connectivity index (χ3n) is 2.57. The van der Waals surface area contributed by atoms with Crippen LogP contribution in [0.3, 0.4) is 0 Å². The fourth-order valence-electron chi connectivity index (χ4n) is 1.70. The molecule has 0 aliphatic carbocycles. The Labute approximate surface area is 87.1 Å². The van der Waals surface area contributed by atoms with Crippen molar-refractivity contribution < 1.29 is 4.74 Å². The molecule has 0 N–H and O–H groups in total. The third-order valence-corrected chi connectivity index (χ3v) is 2.57. The zero-order valence-corrected chi connectivity index (χ0v) is 9.42. The molecule has 1 aromatic carbocycles. The quantitative estimate of drug-likeness (QED) is 0.690. The van der Waals surface area contributed by atoms with Gasteiger partial charge in [0, 0.05) is 7.11 Å². The van der Waals surface area contributed by atoms with Crippen LogP contribution in [0.5, 0.6) is 0 Å². The summed E-state index contributed by atoms with van der Waals surface area (Å²) < 4.78 is 5.48. The highest BCUT2D eigenvalue weighted by atomic mass is 16.5. The summed E-state index contributed by atoms with van der Waals surface area (Å²) in [5, 5.41) is 0. The third kappa shape index (κ3) is 2.85. The molecule has 78 valence electrons. The molecule has 14 heavy (non-hydrogen) atoms. The minimum atomic E-state index is 0.270. The molecular weight excluding hydrogens is 172 g/mol. The van der Waals surface area contributed by atoms with Crippen LogP contribution in [-0.4, -0.2) is 7.11 Å². The molecule has 0 spiro atoms. The van der Waals surface area contributed by atoms with Crippen LogP contribution in [0.2, 0.25) is 0 Å². The lowest BCUT2D eigenvalue weighted by Crippen LogP contribution is -2.01. The Hall–Kier alpha value is -0.820. The van der Waals surface area contributed by atoms with E-state index >= 15 is 0 Å². The Morgan fingerprint density at radius 2 is 2.07 bits per heavy atom. The first-order valence-corrected chi connectivity index (χ1v) is 5.43. The number of hydrogen-bond donors (Lipinski definition) is 0. The normalized spacial score (nSPS) is 12.8. The second-order valence-corrected chi connectivity index (χ2v) is 3.61. The molecule has 0 heterocycles. The van der Waals surface area contributed by atoms with E-state index in [9.17, 15) is 0 Å². The van der Waals surface area contributed by atoms with Crippen LogP contribution in [0.4, 0.5) is 0 Å². The summed E-state index contributed by atoms with van der Waals surface area (Å²) in [5.41, 5.74) is 2.70. The molecule has 1 aromatic rings. The topological polar surface area (TPSA) is 9.23 Å². The van der Waals surface area contributed by atoms with E-state index in [0.717, 1.165) is 19.3 Å². The summed E-state index contributed by atoms with van der Waals surface area (Å²) in [7, 11) is 1.79. The molecule has 0 fully saturated rings. The summed E-state index contributed by atoms with van der Waals surface area (Å²) in [6.45, 7) is 4.37. The highest BCUT2D eigenvalue weighted by molar-refractivity contribution is 5.25. The van der Waals surface area contributed by atoms with Gasteiger partial charge in [-0.2, -0.15) is 0 Å². The van der Waals surface area contributed by atoms with Crippen LogP contribution < -0.4 is 0 Å². The lowest BCUT2D eigenvalue weighted by molar-refractivity contribution is 0.0949. The first-order chi connectivity index (χ1) is 6.81. The first kappa shape index (κ1) is 11.3. The van der Waals surface area contributed by atoms with E-state index < -0.39 is 0 Å². The lowest BCUT2D eigenvalue weighted by Gasteiger charge is -2.15. The first-order valence-electron chi connectivity index (χ1n) is 5.43. The predicted molar refractivity (Wildman–Crippen MR) is 60.5 cm³/mol. The Morgan fingerprint density at radius 3 is 2.64 bits per heavy atom. The maximum absolute atomic E-state index is 5.48. The SMILES string of the molecule is CCCC(OC)c1cccc(CC)c1. The van der Waals surface area contributed by atoms with Gasteiger partial charge in [0.05, 0.1) is 6.10 Å². The van der Waals surface area contributed by atoms with Gasteiger partial charge in [0.2, 0.25) is 0 Å². The van der Waals surface area contributed by atoms with Gasteiger partial charge in [-0.25, -0.2) is 0 Å². The van der Waals surface area contributed by atoms with Crippen LogP contribution in [0.15, 0.2) is 24.3 Å². The monoisotopic (exact) mass is 192 g/mol. The Kier molecular flexibility index (Phi) is 4.68. The fraction of sp³-hybridized carbons (Fsp3) is 0.538. The van der Waals surface area contributed by atoms with Crippen molar-refractivity contribution in [3.8, 4) is 0 Å². The van der Waals surface area contributed by atoms with Gasteiger partial charge in [0.25, 0.3) is 0 Å². The number of ether oxygens (including phenoxy) is 1. The number of rotatable bonds is 5. The molecule has 0 aliphatic rings. The fourth-order valence-corrected chi connectivity index (χ4v) is 1.70. The van der Waals surface area contributed by atoms with E-state index in [4.69, 9.17) is 4.74 Å². The van der Waals surface area contributed by atoms with Gasteiger partial charge in [-0.05, 0) is 24.0 Å². The van der Waals surface area contributed by atoms with Gasteiger partial charge >= 0.3 is 0 Å². The van der Waals surface area contributed by atoms with E-state index in [1.54, 1.807) is 7.11 Å². The average Bonchev–Trinajstić information content (AvgIpc) is 2.26. The second kappa shape index (κ2) is 5.82. The van der Waals surface area contributed by atoms with Gasteiger partial charge in [0.1, 0.15) is 0 Å². The van der Waals surface area contributed by atoms with Crippen LogP contribution in [0.25, 0.3) is 0 Å². The van der Waals surface area contributed by atoms with E-state index in [-0.39, 0.29) is 6.10 Å². The summed E-state index contributed by atoms with van der Waals surface area (Å²) in [6.07, 6.45) is 3.63. The zero-order chi connectivity index (χ0) is 10.4. The number of aryl methyl sites for hydroxylation is 1. The van der Waals surface area contributed by atoms with Crippen LogP contribution in [-0.2, 0) is 11.2 Å². The van der Waals surface area contributed by atoms with Gasteiger partial charge in [-0.15, -0.1) is 0 Å². The largest absolute Gasteiger partial charge is 0.377 e. The smallest absolute Gasteiger partial charge is 0.0821 e. The highest BCUT2D eigenvalue weighted by Gasteiger charge is 2.08. The maximum Gasteiger partial charge on any atom is 0.0821 e. The Bertz CT molecular complexity index is 268. The van der Waals surface area contributed by atoms with Gasteiger partial charge < -0.3 is 4.74 Å². The second-order valence-electron chi connectivity index (χ2n) is 3.61. The van der Waals surface area contributed by atoms with Crippen molar-refractivity contribution in [2.75, 3.05) is 7.11 Å². The van der Waals surface area contributed by atoms with E-state index in [1.807, 2.05) is 0 Å². The van der Waals surface area contributed by atoms with Crippen molar-refractivity contribution in [1.29, 1.82) is 0 Å². The Morgan fingerprint density at radius 1 is 1.29 bits per heavy atom. The predicted octanol–water partition coefficient (Wildman–Crippen LogP) is 3.74. The van der Waals surface area contributed by atoms with Crippen molar-refractivity contribution in [3.63, 3.8) is 0 Å². The molecule has 0 aromatic heterocycles. The molecule has 1 nitrogen and oxygen atoms in total. The summed E-state index contributed by atoms with van der Waals surface area (Å²) in [6, 6.07) is 8.70. The molecule has 0 radical (unpaired) electrons. The summed E-state index contributed by atoms with van der Waals surface area (Å²) in [5.74, 6) is 0. The minimum absolute atomic E-state index is 0.270. The van der Waals surface area contributed by atoms with Gasteiger partial charge in [-0.3, -0.25) is 0 Å². The molecule has 1 unspecified atom stereocenters. The molecule has 0 bridgehead atoms. The molecule has 0 amide bonds. The van der Waals surface area contributed by atoms with Crippen molar-refractivity contribution in [2.24, 2.45) is 0 Å². The molecular formula is C13H20O.